The topological polar surface area (TPSA) is 58.6 Å². The van der Waals surface area contributed by atoms with E-state index in [9.17, 15) is 9.59 Å². The third kappa shape index (κ3) is 10.1. The van der Waals surface area contributed by atoms with Crippen molar-refractivity contribution in [2.75, 3.05) is 13.1 Å². The van der Waals surface area contributed by atoms with Crippen molar-refractivity contribution in [3.05, 3.63) is 35.4 Å². The van der Waals surface area contributed by atoms with Crippen LogP contribution in [0.4, 0.5) is 4.79 Å². The molecule has 180 valence electrons. The van der Waals surface area contributed by atoms with Crippen molar-refractivity contribution in [2.24, 2.45) is 0 Å². The number of ether oxygens (including phenoxy) is 1. The molecule has 2 amide bonds. The van der Waals surface area contributed by atoms with Crippen molar-refractivity contribution in [3.63, 3.8) is 0 Å². The van der Waals surface area contributed by atoms with E-state index in [0.717, 1.165) is 19.3 Å². The fourth-order valence-electron chi connectivity index (χ4n) is 4.09. The minimum absolute atomic E-state index is 0.0284. The Morgan fingerprint density at radius 2 is 1.50 bits per heavy atom. The number of benzene rings is 1. The van der Waals surface area contributed by atoms with Crippen LogP contribution in [0.15, 0.2) is 24.3 Å². The summed E-state index contributed by atoms with van der Waals surface area (Å²) in [5.74, 6) is -0.0284. The molecule has 0 spiro atoms. The van der Waals surface area contributed by atoms with Crippen LogP contribution in [0.3, 0.4) is 0 Å². The maximum absolute atomic E-state index is 12.6. The molecule has 1 aliphatic rings. The third-order valence-corrected chi connectivity index (χ3v) is 6.02. The lowest BCUT2D eigenvalue weighted by atomic mass is 10.0. The van der Waals surface area contributed by atoms with Crippen molar-refractivity contribution >= 4 is 12.0 Å². The molecule has 1 N–H and O–H groups in total. The second kappa shape index (κ2) is 13.5. The van der Waals surface area contributed by atoms with Gasteiger partial charge in [0.25, 0.3) is 5.91 Å². The van der Waals surface area contributed by atoms with E-state index < -0.39 is 5.60 Å². The Hall–Kier alpha value is -2.04. The van der Waals surface area contributed by atoms with Crippen LogP contribution in [-0.4, -0.2) is 41.6 Å². The molecule has 1 fully saturated rings. The number of nitrogens with zero attached hydrogens (tertiary/aromatic N) is 1. The summed E-state index contributed by atoms with van der Waals surface area (Å²) >= 11 is 0. The van der Waals surface area contributed by atoms with Gasteiger partial charge in [0, 0.05) is 24.7 Å². The number of likely N-dealkylation sites (tertiary alicyclic amines) is 1. The monoisotopic (exact) mass is 444 g/mol. The minimum atomic E-state index is -0.484. The van der Waals surface area contributed by atoms with Gasteiger partial charge in [-0.25, -0.2) is 4.79 Å². The summed E-state index contributed by atoms with van der Waals surface area (Å²) in [4.78, 5) is 26.5. The summed E-state index contributed by atoms with van der Waals surface area (Å²) in [5, 5.41) is 3.13. The lowest BCUT2D eigenvalue weighted by Crippen LogP contribution is -2.47. The van der Waals surface area contributed by atoms with Crippen molar-refractivity contribution in [1.29, 1.82) is 0 Å². The second-order valence-corrected chi connectivity index (χ2v) is 10.1. The standard InChI is InChI=1S/C27H44N2O3/c1-5-6-7-8-9-10-11-12-13-22-14-16-23(17-15-22)25(30)28-24-18-20-29(21-19-24)26(31)32-27(2,3)4/h14-17,24H,5-13,18-21H2,1-4H3,(H,28,30). The van der Waals surface area contributed by atoms with E-state index in [-0.39, 0.29) is 18.0 Å². The first-order valence-corrected chi connectivity index (χ1v) is 12.7. The maximum atomic E-state index is 12.6. The summed E-state index contributed by atoms with van der Waals surface area (Å²) in [5.41, 5.74) is 1.53. The Morgan fingerprint density at radius 1 is 0.938 bits per heavy atom. The van der Waals surface area contributed by atoms with Crippen LogP contribution in [0.2, 0.25) is 0 Å². The van der Waals surface area contributed by atoms with Crippen molar-refractivity contribution < 1.29 is 14.3 Å². The highest BCUT2D eigenvalue weighted by atomic mass is 16.6. The molecule has 0 aliphatic carbocycles. The van der Waals surface area contributed by atoms with Gasteiger partial charge in [-0.1, -0.05) is 64.0 Å². The first-order chi connectivity index (χ1) is 15.3. The number of carbonyl (C=O) groups excluding carboxylic acids is 2. The molecular formula is C27H44N2O3. The Labute approximate surface area is 195 Å². The van der Waals surface area contributed by atoms with Crippen LogP contribution < -0.4 is 5.32 Å². The summed E-state index contributed by atoms with van der Waals surface area (Å²) in [6.45, 7) is 9.09. The summed E-state index contributed by atoms with van der Waals surface area (Å²) in [6, 6.07) is 8.14. The fraction of sp³-hybridized carbons (Fsp3) is 0.704. The highest BCUT2D eigenvalue weighted by Crippen LogP contribution is 2.17. The van der Waals surface area contributed by atoms with E-state index in [1.54, 1.807) is 4.90 Å². The number of rotatable bonds is 11. The normalized spacial score (nSPS) is 14.9. The van der Waals surface area contributed by atoms with Crippen LogP contribution in [0.1, 0.15) is 108 Å². The molecule has 0 radical (unpaired) electrons. The molecule has 1 saturated heterocycles. The van der Waals surface area contributed by atoms with Gasteiger partial charge in [0.05, 0.1) is 0 Å². The van der Waals surface area contributed by atoms with Crippen molar-refractivity contribution in [3.8, 4) is 0 Å². The highest BCUT2D eigenvalue weighted by molar-refractivity contribution is 5.94. The van der Waals surface area contributed by atoms with Crippen LogP contribution in [0.25, 0.3) is 0 Å². The number of carbonyl (C=O) groups is 2. The number of amides is 2. The van der Waals surface area contributed by atoms with Gasteiger partial charge in [0.15, 0.2) is 0 Å². The van der Waals surface area contributed by atoms with E-state index >= 15 is 0 Å². The molecule has 2 rings (SSSR count). The summed E-state index contributed by atoms with van der Waals surface area (Å²) in [7, 11) is 0. The molecular weight excluding hydrogens is 400 g/mol. The molecule has 1 aromatic rings. The summed E-state index contributed by atoms with van der Waals surface area (Å²) < 4.78 is 5.43. The number of piperidine rings is 1. The van der Waals surface area contributed by atoms with E-state index in [4.69, 9.17) is 4.74 Å². The molecule has 0 aromatic heterocycles. The Balaban J connectivity index is 1.65. The van der Waals surface area contributed by atoms with Crippen molar-refractivity contribution in [2.45, 2.75) is 110 Å². The smallest absolute Gasteiger partial charge is 0.410 e. The Morgan fingerprint density at radius 3 is 2.06 bits per heavy atom. The van der Waals surface area contributed by atoms with Gasteiger partial charge in [0.2, 0.25) is 0 Å². The number of hydrogen-bond donors (Lipinski definition) is 1. The Kier molecular flexibility index (Phi) is 11.1. The number of unbranched alkanes of at least 4 members (excludes halogenated alkanes) is 7. The zero-order valence-electron chi connectivity index (χ0n) is 20.8. The zero-order valence-corrected chi connectivity index (χ0v) is 20.8. The quantitative estimate of drug-likeness (QED) is 0.396. The third-order valence-electron chi connectivity index (χ3n) is 6.02. The second-order valence-electron chi connectivity index (χ2n) is 10.1. The summed E-state index contributed by atoms with van der Waals surface area (Å²) in [6.07, 6.45) is 12.9. The predicted octanol–water partition coefficient (Wildman–Crippen LogP) is 6.50. The van der Waals surface area contributed by atoms with Gasteiger partial charge in [-0.3, -0.25) is 4.79 Å². The zero-order chi connectivity index (χ0) is 23.4. The first kappa shape index (κ1) is 26.2. The average Bonchev–Trinajstić information content (AvgIpc) is 2.75. The van der Waals surface area contributed by atoms with E-state index in [1.165, 1.54) is 56.9 Å². The SMILES string of the molecule is CCCCCCCCCCc1ccc(C(=O)NC2CCN(C(=O)OC(C)(C)C)CC2)cc1. The van der Waals surface area contributed by atoms with E-state index in [1.807, 2.05) is 32.9 Å². The molecule has 32 heavy (non-hydrogen) atoms. The van der Waals surface area contributed by atoms with E-state index in [2.05, 4.69) is 24.4 Å². The van der Waals surface area contributed by atoms with Crippen LogP contribution >= 0.6 is 0 Å². The average molecular weight is 445 g/mol. The van der Waals surface area contributed by atoms with Gasteiger partial charge >= 0.3 is 6.09 Å². The molecule has 0 saturated carbocycles. The fourth-order valence-corrected chi connectivity index (χ4v) is 4.09. The number of hydrogen-bond acceptors (Lipinski definition) is 3. The molecule has 0 atom stereocenters. The van der Waals surface area contributed by atoms with Gasteiger partial charge in [-0.15, -0.1) is 0 Å². The van der Waals surface area contributed by atoms with Gasteiger partial charge in [0.1, 0.15) is 5.60 Å². The van der Waals surface area contributed by atoms with E-state index in [0.29, 0.717) is 18.7 Å². The predicted molar refractivity (Wildman–Crippen MR) is 131 cm³/mol. The van der Waals surface area contributed by atoms with Crippen LogP contribution in [0, 0.1) is 0 Å². The Bertz CT molecular complexity index is 686. The molecule has 5 nitrogen and oxygen atoms in total. The lowest BCUT2D eigenvalue weighted by molar-refractivity contribution is 0.0199. The minimum Gasteiger partial charge on any atom is -0.444 e. The molecule has 1 heterocycles. The number of nitrogens with one attached hydrogen (secondary N) is 1. The van der Waals surface area contributed by atoms with Gasteiger partial charge < -0.3 is 15.0 Å². The molecule has 5 heteroatoms. The number of aryl methyl sites for hydroxylation is 1. The van der Waals surface area contributed by atoms with Crippen LogP contribution in [-0.2, 0) is 11.2 Å². The largest absolute Gasteiger partial charge is 0.444 e. The molecule has 0 unspecified atom stereocenters. The highest BCUT2D eigenvalue weighted by Gasteiger charge is 2.27. The molecule has 0 bridgehead atoms. The lowest BCUT2D eigenvalue weighted by Gasteiger charge is -2.33. The molecule has 1 aliphatic heterocycles. The van der Waals surface area contributed by atoms with Gasteiger partial charge in [-0.2, -0.15) is 0 Å². The van der Waals surface area contributed by atoms with Crippen LogP contribution in [0.5, 0.6) is 0 Å². The van der Waals surface area contributed by atoms with Crippen molar-refractivity contribution in [1.82, 2.24) is 10.2 Å². The maximum Gasteiger partial charge on any atom is 0.410 e. The first-order valence-electron chi connectivity index (χ1n) is 12.7. The van der Waals surface area contributed by atoms with Gasteiger partial charge in [-0.05, 0) is 64.2 Å². The molecule has 1 aromatic carbocycles.